The zero-order valence-corrected chi connectivity index (χ0v) is 11.5. The molecule has 0 aliphatic rings. The Bertz CT molecular complexity index is 493. The standard InChI is InChI=1S/C10H9IN2O2S/c1-2-15-10(14)9-7(11)8(12-13-9)6-4-3-5-16-6/h3-5H,2H2,1H3,(H,12,13). The van der Waals surface area contributed by atoms with Crippen molar-refractivity contribution >= 4 is 39.9 Å². The largest absolute Gasteiger partial charge is 0.461 e. The minimum absolute atomic E-state index is 0.353. The number of H-pyrrole nitrogens is 1. The van der Waals surface area contributed by atoms with Gasteiger partial charge in [0.05, 0.1) is 20.7 Å². The summed E-state index contributed by atoms with van der Waals surface area (Å²) >= 11 is 3.70. The normalized spacial score (nSPS) is 10.4. The quantitative estimate of drug-likeness (QED) is 0.686. The highest BCUT2D eigenvalue weighted by molar-refractivity contribution is 14.1. The van der Waals surface area contributed by atoms with E-state index in [1.54, 1.807) is 18.3 Å². The fourth-order valence-electron chi connectivity index (χ4n) is 1.25. The van der Waals surface area contributed by atoms with Crippen LogP contribution in [0, 0.1) is 3.57 Å². The van der Waals surface area contributed by atoms with E-state index in [-0.39, 0.29) is 5.97 Å². The molecule has 1 N–H and O–H groups in total. The first-order valence-electron chi connectivity index (χ1n) is 4.69. The summed E-state index contributed by atoms with van der Waals surface area (Å²) in [6.45, 7) is 2.13. The minimum Gasteiger partial charge on any atom is -0.461 e. The molecule has 0 aromatic carbocycles. The molecule has 0 aliphatic heterocycles. The second-order valence-corrected chi connectivity index (χ2v) is 4.99. The molecule has 0 fully saturated rings. The van der Waals surface area contributed by atoms with Gasteiger partial charge in [0.1, 0.15) is 0 Å². The first kappa shape index (κ1) is 11.6. The highest BCUT2D eigenvalue weighted by Gasteiger charge is 2.19. The van der Waals surface area contributed by atoms with Crippen molar-refractivity contribution in [1.29, 1.82) is 0 Å². The number of thiophene rings is 1. The smallest absolute Gasteiger partial charge is 0.359 e. The van der Waals surface area contributed by atoms with Gasteiger partial charge >= 0.3 is 5.97 Å². The first-order valence-corrected chi connectivity index (χ1v) is 6.64. The van der Waals surface area contributed by atoms with Gasteiger partial charge in [-0.05, 0) is 41.0 Å². The number of nitrogens with zero attached hydrogens (tertiary/aromatic N) is 1. The average Bonchev–Trinajstić information content (AvgIpc) is 2.86. The molecule has 2 aromatic heterocycles. The van der Waals surface area contributed by atoms with E-state index in [1.807, 2.05) is 17.5 Å². The van der Waals surface area contributed by atoms with E-state index >= 15 is 0 Å². The van der Waals surface area contributed by atoms with Crippen LogP contribution < -0.4 is 0 Å². The zero-order valence-electron chi connectivity index (χ0n) is 8.49. The van der Waals surface area contributed by atoms with Crippen molar-refractivity contribution in [3.63, 3.8) is 0 Å². The van der Waals surface area contributed by atoms with Crippen molar-refractivity contribution < 1.29 is 9.53 Å². The summed E-state index contributed by atoms with van der Waals surface area (Å²) in [7, 11) is 0. The Balaban J connectivity index is 2.35. The van der Waals surface area contributed by atoms with E-state index in [1.165, 1.54) is 0 Å². The monoisotopic (exact) mass is 348 g/mol. The number of hydrogen-bond donors (Lipinski definition) is 1. The Hall–Kier alpha value is -0.890. The van der Waals surface area contributed by atoms with Crippen molar-refractivity contribution in [1.82, 2.24) is 10.2 Å². The lowest BCUT2D eigenvalue weighted by molar-refractivity contribution is 0.0518. The molecule has 16 heavy (non-hydrogen) atoms. The predicted octanol–water partition coefficient (Wildman–Crippen LogP) is 2.92. The molecule has 2 heterocycles. The van der Waals surface area contributed by atoms with E-state index in [0.29, 0.717) is 12.3 Å². The Kier molecular flexibility index (Phi) is 3.59. The molecule has 0 saturated carbocycles. The molecule has 2 aromatic rings. The molecule has 0 amide bonds. The van der Waals surface area contributed by atoms with Crippen LogP contribution >= 0.6 is 33.9 Å². The van der Waals surface area contributed by atoms with E-state index < -0.39 is 0 Å². The second-order valence-electron chi connectivity index (χ2n) is 2.96. The Morgan fingerprint density at radius 3 is 3.12 bits per heavy atom. The minimum atomic E-state index is -0.383. The van der Waals surface area contributed by atoms with Crippen molar-refractivity contribution in [3.05, 3.63) is 26.8 Å². The Morgan fingerprint density at radius 1 is 1.69 bits per heavy atom. The van der Waals surface area contributed by atoms with Gasteiger partial charge in [-0.3, -0.25) is 5.10 Å². The molecule has 0 bridgehead atoms. The SMILES string of the molecule is CCOC(=O)c1n[nH]c(-c2cccs2)c1I. The van der Waals surface area contributed by atoms with Gasteiger partial charge in [-0.2, -0.15) is 5.10 Å². The number of esters is 1. The highest BCUT2D eigenvalue weighted by Crippen LogP contribution is 2.29. The van der Waals surface area contributed by atoms with Crippen LogP contribution in [-0.2, 0) is 4.74 Å². The third-order valence-electron chi connectivity index (χ3n) is 1.94. The predicted molar refractivity (Wildman–Crippen MR) is 70.6 cm³/mol. The summed E-state index contributed by atoms with van der Waals surface area (Å²) in [5.74, 6) is -0.383. The van der Waals surface area contributed by atoms with E-state index in [2.05, 4.69) is 32.8 Å². The summed E-state index contributed by atoms with van der Waals surface area (Å²) in [4.78, 5) is 12.6. The topological polar surface area (TPSA) is 55.0 Å². The van der Waals surface area contributed by atoms with Gasteiger partial charge in [-0.25, -0.2) is 4.79 Å². The number of carbonyl (C=O) groups excluding carboxylic acids is 1. The fourth-order valence-corrected chi connectivity index (χ4v) is 2.91. The molecule has 0 unspecified atom stereocenters. The number of hydrogen-bond acceptors (Lipinski definition) is 4. The van der Waals surface area contributed by atoms with Gasteiger partial charge in [-0.15, -0.1) is 11.3 Å². The molecular formula is C10H9IN2O2S. The Morgan fingerprint density at radius 2 is 2.50 bits per heavy atom. The maximum absolute atomic E-state index is 11.5. The van der Waals surface area contributed by atoms with Crippen LogP contribution in [0.3, 0.4) is 0 Å². The van der Waals surface area contributed by atoms with Crippen LogP contribution in [0.5, 0.6) is 0 Å². The summed E-state index contributed by atoms with van der Waals surface area (Å²) in [5.41, 5.74) is 1.23. The molecule has 0 radical (unpaired) electrons. The van der Waals surface area contributed by atoms with Crippen molar-refractivity contribution in [2.45, 2.75) is 6.92 Å². The number of aromatic amines is 1. The number of rotatable bonds is 3. The molecule has 4 nitrogen and oxygen atoms in total. The number of halogens is 1. The van der Waals surface area contributed by atoms with Crippen LogP contribution in [-0.4, -0.2) is 22.8 Å². The summed E-state index contributed by atoms with van der Waals surface area (Å²) < 4.78 is 5.72. The lowest BCUT2D eigenvalue weighted by atomic mass is 10.3. The summed E-state index contributed by atoms with van der Waals surface area (Å²) in [5, 5.41) is 8.84. The third-order valence-corrected chi connectivity index (χ3v) is 3.88. The molecule has 6 heteroatoms. The van der Waals surface area contributed by atoms with Crippen molar-refractivity contribution in [2.24, 2.45) is 0 Å². The Labute approximate surface area is 110 Å². The van der Waals surface area contributed by atoms with Crippen molar-refractivity contribution in [3.8, 4) is 10.6 Å². The molecule has 0 saturated heterocycles. The average molecular weight is 348 g/mol. The summed E-state index contributed by atoms with van der Waals surface area (Å²) in [6.07, 6.45) is 0. The van der Waals surface area contributed by atoms with Gasteiger partial charge in [-0.1, -0.05) is 6.07 Å². The lowest BCUT2D eigenvalue weighted by Gasteiger charge is -1.97. The fraction of sp³-hybridized carbons (Fsp3) is 0.200. The zero-order chi connectivity index (χ0) is 11.5. The second kappa shape index (κ2) is 4.96. The number of carbonyl (C=O) groups is 1. The van der Waals surface area contributed by atoms with Crippen LogP contribution in [0.1, 0.15) is 17.4 Å². The first-order chi connectivity index (χ1) is 7.74. The van der Waals surface area contributed by atoms with E-state index in [9.17, 15) is 4.79 Å². The molecule has 0 spiro atoms. The van der Waals surface area contributed by atoms with Gasteiger partial charge in [0.25, 0.3) is 0 Å². The molecule has 0 atom stereocenters. The van der Waals surface area contributed by atoms with Crippen LogP contribution in [0.15, 0.2) is 17.5 Å². The van der Waals surface area contributed by atoms with Gasteiger partial charge in [0.15, 0.2) is 5.69 Å². The third kappa shape index (κ3) is 2.12. The maximum Gasteiger partial charge on any atom is 0.359 e. The molecular weight excluding hydrogens is 339 g/mol. The summed E-state index contributed by atoms with van der Waals surface area (Å²) in [6, 6.07) is 3.94. The number of nitrogens with one attached hydrogen (secondary N) is 1. The highest BCUT2D eigenvalue weighted by atomic mass is 127. The van der Waals surface area contributed by atoms with E-state index in [0.717, 1.165) is 14.1 Å². The van der Waals surface area contributed by atoms with Gasteiger partial charge in [0.2, 0.25) is 0 Å². The maximum atomic E-state index is 11.5. The number of ether oxygens (including phenoxy) is 1. The van der Waals surface area contributed by atoms with Crippen LogP contribution in [0.25, 0.3) is 10.6 Å². The molecule has 2 rings (SSSR count). The molecule has 0 aliphatic carbocycles. The lowest BCUT2D eigenvalue weighted by Crippen LogP contribution is -2.06. The van der Waals surface area contributed by atoms with Crippen molar-refractivity contribution in [2.75, 3.05) is 6.61 Å². The van der Waals surface area contributed by atoms with Gasteiger partial charge in [0, 0.05) is 0 Å². The van der Waals surface area contributed by atoms with E-state index in [4.69, 9.17) is 4.74 Å². The molecule has 84 valence electrons. The van der Waals surface area contributed by atoms with Gasteiger partial charge < -0.3 is 4.74 Å². The van der Waals surface area contributed by atoms with Crippen LogP contribution in [0.2, 0.25) is 0 Å². The van der Waals surface area contributed by atoms with Crippen LogP contribution in [0.4, 0.5) is 0 Å². The number of aromatic nitrogens is 2.